The molecule has 1 N–H and O–H groups in total. The van der Waals surface area contributed by atoms with E-state index in [1.54, 1.807) is 7.11 Å². The first-order valence-electron chi connectivity index (χ1n) is 12.7. The summed E-state index contributed by atoms with van der Waals surface area (Å²) in [5, 5.41) is 2.65. The minimum absolute atomic E-state index is 0.00579. The second kappa shape index (κ2) is 11.7. The van der Waals surface area contributed by atoms with E-state index in [4.69, 9.17) is 4.74 Å². The Balaban J connectivity index is 1.67. The maximum absolute atomic E-state index is 13.4. The van der Waals surface area contributed by atoms with Crippen molar-refractivity contribution in [1.29, 1.82) is 0 Å². The lowest BCUT2D eigenvalue weighted by molar-refractivity contribution is -0.121. The number of nitrogens with one attached hydrogen (secondary N) is 1. The zero-order valence-corrected chi connectivity index (χ0v) is 22.2. The highest BCUT2D eigenvalue weighted by atomic mass is 32.2. The fraction of sp³-hybridized carbons (Fsp3) is 0.692. The Morgan fingerprint density at radius 1 is 1.11 bits per heavy atom. The van der Waals surface area contributed by atoms with Gasteiger partial charge in [-0.05, 0) is 49.5 Å². The van der Waals surface area contributed by atoms with Crippen molar-refractivity contribution < 1.29 is 22.7 Å². The molecule has 8 nitrogen and oxygen atoms in total. The highest BCUT2D eigenvalue weighted by molar-refractivity contribution is 7.90. The molecule has 3 rings (SSSR count). The van der Waals surface area contributed by atoms with Crippen LogP contribution in [0.25, 0.3) is 0 Å². The SMILES string of the molecule is CCC1(c2ccccc2)CCC2(CC1)CN(CCC(=O)NCCS(C)(=O)=O)C(=O)N2CCCOC. The van der Waals surface area contributed by atoms with Crippen LogP contribution in [0.3, 0.4) is 0 Å². The summed E-state index contributed by atoms with van der Waals surface area (Å²) < 4.78 is 27.8. The van der Waals surface area contributed by atoms with Crippen LogP contribution in [0.5, 0.6) is 0 Å². The Morgan fingerprint density at radius 3 is 2.40 bits per heavy atom. The number of benzene rings is 1. The smallest absolute Gasteiger partial charge is 0.320 e. The number of amides is 3. The number of urea groups is 1. The van der Waals surface area contributed by atoms with Gasteiger partial charge < -0.3 is 19.9 Å². The largest absolute Gasteiger partial charge is 0.385 e. The summed E-state index contributed by atoms with van der Waals surface area (Å²) in [6.07, 6.45) is 7.10. The standard InChI is InChI=1S/C26H41N3O5S/c1-4-25(22-9-6-5-7-10-22)12-14-26(15-13-25)21-28(24(31)29(26)17-8-19-34-2)18-11-23(30)27-16-20-35(3,32)33/h5-7,9-10H,4,8,11-21H2,1-3H3,(H,27,30). The maximum atomic E-state index is 13.4. The van der Waals surface area contributed by atoms with Crippen molar-refractivity contribution in [2.45, 2.75) is 62.8 Å². The summed E-state index contributed by atoms with van der Waals surface area (Å²) in [6, 6.07) is 10.7. The summed E-state index contributed by atoms with van der Waals surface area (Å²) in [5.74, 6) is -0.315. The topological polar surface area (TPSA) is 96.0 Å². The number of methoxy groups -OCH3 is 1. The lowest BCUT2D eigenvalue weighted by atomic mass is 9.62. The molecule has 9 heteroatoms. The summed E-state index contributed by atoms with van der Waals surface area (Å²) in [6.45, 7) is 4.57. The molecule has 3 amide bonds. The van der Waals surface area contributed by atoms with Gasteiger partial charge in [-0.1, -0.05) is 37.3 Å². The molecule has 0 radical (unpaired) electrons. The van der Waals surface area contributed by atoms with Crippen molar-refractivity contribution >= 4 is 21.8 Å². The average molecular weight is 508 g/mol. The number of carbonyl (C=O) groups is 2. The van der Waals surface area contributed by atoms with Crippen LogP contribution in [0, 0.1) is 0 Å². The number of nitrogens with zero attached hydrogens (tertiary/aromatic N) is 2. The first-order chi connectivity index (χ1) is 16.6. The quantitative estimate of drug-likeness (QED) is 0.439. The van der Waals surface area contributed by atoms with Gasteiger partial charge in [0.2, 0.25) is 5.91 Å². The van der Waals surface area contributed by atoms with Gasteiger partial charge >= 0.3 is 6.03 Å². The molecule has 35 heavy (non-hydrogen) atoms. The monoisotopic (exact) mass is 507 g/mol. The highest BCUT2D eigenvalue weighted by Gasteiger charge is 2.53. The third-order valence-corrected chi connectivity index (χ3v) is 8.84. The molecule has 1 aromatic carbocycles. The first-order valence-corrected chi connectivity index (χ1v) is 14.8. The van der Waals surface area contributed by atoms with E-state index in [9.17, 15) is 18.0 Å². The van der Waals surface area contributed by atoms with Gasteiger partial charge in [-0.25, -0.2) is 13.2 Å². The molecule has 1 heterocycles. The van der Waals surface area contributed by atoms with E-state index in [1.165, 1.54) is 5.56 Å². The van der Waals surface area contributed by atoms with Gasteiger partial charge in [0, 0.05) is 52.6 Å². The predicted molar refractivity (Wildman–Crippen MR) is 137 cm³/mol. The zero-order valence-electron chi connectivity index (χ0n) is 21.4. The molecule has 1 spiro atoms. The van der Waals surface area contributed by atoms with Crippen LogP contribution in [-0.4, -0.2) is 87.6 Å². The fourth-order valence-corrected chi connectivity index (χ4v) is 6.19. The Labute approximate surface area is 210 Å². The summed E-state index contributed by atoms with van der Waals surface area (Å²) in [5.41, 5.74) is 1.31. The van der Waals surface area contributed by atoms with Crippen LogP contribution in [-0.2, 0) is 24.8 Å². The van der Waals surface area contributed by atoms with Crippen LogP contribution in [0.4, 0.5) is 4.79 Å². The first kappa shape index (κ1) is 27.5. The molecule has 196 valence electrons. The Hall–Kier alpha value is -2.13. The fourth-order valence-electron chi connectivity index (χ4n) is 5.72. The maximum Gasteiger partial charge on any atom is 0.320 e. The molecule has 1 saturated carbocycles. The van der Waals surface area contributed by atoms with Crippen LogP contribution in [0.15, 0.2) is 30.3 Å². The third kappa shape index (κ3) is 6.76. The minimum Gasteiger partial charge on any atom is -0.385 e. The number of hydrogen-bond donors (Lipinski definition) is 1. The Bertz CT molecular complexity index is 958. The number of hydrogen-bond acceptors (Lipinski definition) is 5. The molecule has 2 fully saturated rings. The number of carbonyl (C=O) groups excluding carboxylic acids is 2. The third-order valence-electron chi connectivity index (χ3n) is 7.89. The van der Waals surface area contributed by atoms with Gasteiger partial charge in [-0.3, -0.25) is 4.79 Å². The molecule has 1 aromatic rings. The molecule has 1 aliphatic carbocycles. The lowest BCUT2D eigenvalue weighted by Crippen LogP contribution is -2.52. The van der Waals surface area contributed by atoms with Crippen molar-refractivity contribution in [1.82, 2.24) is 15.1 Å². The van der Waals surface area contributed by atoms with Gasteiger partial charge in [-0.15, -0.1) is 0 Å². The number of rotatable bonds is 12. The van der Waals surface area contributed by atoms with Crippen molar-refractivity contribution in [2.75, 3.05) is 51.9 Å². The van der Waals surface area contributed by atoms with Crippen molar-refractivity contribution in [3.8, 4) is 0 Å². The van der Waals surface area contributed by atoms with Crippen molar-refractivity contribution in [3.63, 3.8) is 0 Å². The molecule has 2 aliphatic rings. The molecule has 1 aliphatic heterocycles. The van der Waals surface area contributed by atoms with Crippen LogP contribution < -0.4 is 5.32 Å². The molecule has 0 bridgehead atoms. The van der Waals surface area contributed by atoms with E-state index in [0.29, 0.717) is 26.2 Å². The molecule has 0 atom stereocenters. The van der Waals surface area contributed by atoms with Gasteiger partial charge in [0.05, 0.1) is 11.3 Å². The van der Waals surface area contributed by atoms with Crippen molar-refractivity contribution in [3.05, 3.63) is 35.9 Å². The normalized spacial score (nSPS) is 24.8. The van der Waals surface area contributed by atoms with E-state index >= 15 is 0 Å². The second-order valence-electron chi connectivity index (χ2n) is 10.2. The molecular weight excluding hydrogens is 466 g/mol. The second-order valence-corrected chi connectivity index (χ2v) is 12.4. The number of ether oxygens (including phenoxy) is 1. The minimum atomic E-state index is -3.12. The van der Waals surface area contributed by atoms with Crippen LogP contribution in [0.1, 0.15) is 57.4 Å². The van der Waals surface area contributed by atoms with Crippen molar-refractivity contribution in [2.24, 2.45) is 0 Å². The van der Waals surface area contributed by atoms with Gasteiger partial charge in [0.1, 0.15) is 9.84 Å². The van der Waals surface area contributed by atoms with E-state index in [0.717, 1.165) is 44.8 Å². The Kier molecular flexibility index (Phi) is 9.21. The van der Waals surface area contributed by atoms with Gasteiger partial charge in [0.25, 0.3) is 0 Å². The van der Waals surface area contributed by atoms with Gasteiger partial charge in [0.15, 0.2) is 0 Å². The van der Waals surface area contributed by atoms with Gasteiger partial charge in [-0.2, -0.15) is 0 Å². The molecule has 0 unspecified atom stereocenters. The molecule has 1 saturated heterocycles. The Morgan fingerprint density at radius 2 is 1.80 bits per heavy atom. The summed E-state index contributed by atoms with van der Waals surface area (Å²) >= 11 is 0. The van der Waals surface area contributed by atoms with Crippen LogP contribution in [0.2, 0.25) is 0 Å². The number of sulfone groups is 1. The summed E-state index contributed by atoms with van der Waals surface area (Å²) in [7, 11) is -1.45. The summed E-state index contributed by atoms with van der Waals surface area (Å²) in [4.78, 5) is 29.5. The van der Waals surface area contributed by atoms with E-state index < -0.39 is 9.84 Å². The average Bonchev–Trinajstić information content (AvgIpc) is 3.09. The lowest BCUT2D eigenvalue weighted by Gasteiger charge is -2.48. The molecule has 0 aromatic heterocycles. The van der Waals surface area contributed by atoms with E-state index in [2.05, 4.69) is 42.6 Å². The van der Waals surface area contributed by atoms with Crippen LogP contribution >= 0.6 is 0 Å². The predicted octanol–water partition coefficient (Wildman–Crippen LogP) is 2.97. The highest BCUT2D eigenvalue weighted by Crippen LogP contribution is 2.49. The van der Waals surface area contributed by atoms with E-state index in [-0.39, 0.29) is 41.6 Å². The molecular formula is C26H41N3O5S. The van der Waals surface area contributed by atoms with E-state index in [1.807, 2.05) is 9.80 Å². The zero-order chi connectivity index (χ0) is 25.5.